The number of carbonyl (C=O) groups excluding carboxylic acids is 1. The molecule has 29 heavy (non-hydrogen) atoms. The Morgan fingerprint density at radius 3 is 2.79 bits per heavy atom. The summed E-state index contributed by atoms with van der Waals surface area (Å²) in [5, 5.41) is 0.440. The SMILES string of the molecule is O=C(/C=C/c1ccc(-c2ccccc2)s1)OCc1cc(=O)n2cc(Cl)ccc2n1. The van der Waals surface area contributed by atoms with Crippen molar-refractivity contribution in [2.24, 2.45) is 0 Å². The van der Waals surface area contributed by atoms with Crippen molar-refractivity contribution in [3.8, 4) is 10.4 Å². The van der Waals surface area contributed by atoms with Gasteiger partial charge in [0.25, 0.3) is 5.56 Å². The summed E-state index contributed by atoms with van der Waals surface area (Å²) in [7, 11) is 0. The molecule has 0 bridgehead atoms. The second kappa shape index (κ2) is 8.43. The lowest BCUT2D eigenvalue weighted by atomic mass is 10.2. The fourth-order valence-corrected chi connectivity index (χ4v) is 3.82. The van der Waals surface area contributed by atoms with Gasteiger partial charge in [0.15, 0.2) is 0 Å². The Hall–Kier alpha value is -3.22. The lowest BCUT2D eigenvalue weighted by Gasteiger charge is -2.04. The maximum Gasteiger partial charge on any atom is 0.331 e. The Bertz CT molecular complexity index is 1260. The summed E-state index contributed by atoms with van der Waals surface area (Å²) < 4.78 is 6.55. The first-order chi connectivity index (χ1) is 14.1. The Labute approximate surface area is 175 Å². The van der Waals surface area contributed by atoms with E-state index in [1.54, 1.807) is 29.5 Å². The maximum absolute atomic E-state index is 12.1. The van der Waals surface area contributed by atoms with Crippen LogP contribution in [0.25, 0.3) is 22.2 Å². The number of ether oxygens (including phenoxy) is 1. The van der Waals surface area contributed by atoms with Crippen molar-refractivity contribution in [3.05, 3.63) is 98.9 Å². The number of fused-ring (bicyclic) bond motifs is 1. The minimum atomic E-state index is -0.502. The molecule has 0 spiro atoms. The van der Waals surface area contributed by atoms with Crippen LogP contribution >= 0.6 is 22.9 Å². The van der Waals surface area contributed by atoms with Crippen LogP contribution in [-0.4, -0.2) is 15.4 Å². The monoisotopic (exact) mass is 422 g/mol. The Kier molecular flexibility index (Phi) is 5.55. The number of pyridine rings is 1. The van der Waals surface area contributed by atoms with Gasteiger partial charge < -0.3 is 4.74 Å². The number of halogens is 1. The van der Waals surface area contributed by atoms with E-state index in [4.69, 9.17) is 16.3 Å². The molecule has 5 nitrogen and oxygen atoms in total. The Balaban J connectivity index is 1.40. The maximum atomic E-state index is 12.1. The molecule has 4 aromatic rings. The highest BCUT2D eigenvalue weighted by Gasteiger charge is 2.06. The molecule has 0 N–H and O–H groups in total. The first-order valence-corrected chi connectivity index (χ1v) is 9.96. The summed E-state index contributed by atoms with van der Waals surface area (Å²) in [5.41, 5.74) is 1.66. The molecule has 0 radical (unpaired) electrons. The lowest BCUT2D eigenvalue weighted by Crippen LogP contribution is -2.16. The van der Waals surface area contributed by atoms with E-state index < -0.39 is 5.97 Å². The number of hydrogen-bond donors (Lipinski definition) is 0. The van der Waals surface area contributed by atoms with Crippen molar-refractivity contribution in [1.29, 1.82) is 0 Å². The Morgan fingerprint density at radius 1 is 1.14 bits per heavy atom. The van der Waals surface area contributed by atoms with E-state index in [1.807, 2.05) is 42.5 Å². The van der Waals surface area contributed by atoms with Gasteiger partial charge in [-0.2, -0.15) is 0 Å². The third-order valence-corrected chi connectivity index (χ3v) is 5.43. The second-order valence-corrected chi connectivity index (χ2v) is 7.72. The average molecular weight is 423 g/mol. The number of benzene rings is 1. The van der Waals surface area contributed by atoms with E-state index in [0.29, 0.717) is 16.4 Å². The van der Waals surface area contributed by atoms with Gasteiger partial charge in [0.1, 0.15) is 12.3 Å². The zero-order valence-corrected chi connectivity index (χ0v) is 16.7. The molecule has 0 saturated carbocycles. The molecule has 3 heterocycles. The number of nitrogens with zero attached hydrogens (tertiary/aromatic N) is 2. The van der Waals surface area contributed by atoms with Crippen molar-refractivity contribution in [2.45, 2.75) is 6.61 Å². The number of hydrogen-bond acceptors (Lipinski definition) is 5. The van der Waals surface area contributed by atoms with Gasteiger partial charge in [-0.15, -0.1) is 11.3 Å². The number of thiophene rings is 1. The molecule has 144 valence electrons. The second-order valence-electron chi connectivity index (χ2n) is 6.17. The van der Waals surface area contributed by atoms with E-state index in [9.17, 15) is 9.59 Å². The number of rotatable bonds is 5. The minimum absolute atomic E-state index is 0.0861. The zero-order chi connectivity index (χ0) is 20.2. The molecule has 4 rings (SSSR count). The smallest absolute Gasteiger partial charge is 0.331 e. The van der Waals surface area contributed by atoms with Gasteiger partial charge in [0.2, 0.25) is 0 Å². The summed E-state index contributed by atoms with van der Waals surface area (Å²) in [6.07, 6.45) is 4.58. The van der Waals surface area contributed by atoms with Crippen LogP contribution in [-0.2, 0) is 16.1 Å². The van der Waals surface area contributed by atoms with E-state index in [-0.39, 0.29) is 12.2 Å². The predicted octanol–water partition coefficient (Wildman–Crippen LogP) is 4.83. The van der Waals surface area contributed by atoms with Crippen molar-refractivity contribution < 1.29 is 9.53 Å². The molecular formula is C22H15ClN2O3S. The van der Waals surface area contributed by atoms with Gasteiger partial charge in [-0.25, -0.2) is 9.78 Å². The fraction of sp³-hybridized carbons (Fsp3) is 0.0455. The molecular weight excluding hydrogens is 408 g/mol. The standard InChI is InChI=1S/C22H15ClN2O3S/c23-16-6-10-20-24-17(12-21(26)25(20)13-16)14-28-22(27)11-8-18-7-9-19(29-18)15-4-2-1-3-5-15/h1-13H,14H2/b11-8+. The molecule has 0 aliphatic heterocycles. The molecule has 0 saturated heterocycles. The van der Waals surface area contributed by atoms with E-state index in [2.05, 4.69) is 4.98 Å². The van der Waals surface area contributed by atoms with Crippen LogP contribution in [0.4, 0.5) is 0 Å². The lowest BCUT2D eigenvalue weighted by molar-refractivity contribution is -0.139. The largest absolute Gasteiger partial charge is 0.456 e. The molecule has 0 aliphatic rings. The van der Waals surface area contributed by atoms with Gasteiger partial charge in [-0.05, 0) is 35.9 Å². The van der Waals surface area contributed by atoms with Gasteiger partial charge in [-0.3, -0.25) is 9.20 Å². The number of aromatic nitrogens is 2. The van der Waals surface area contributed by atoms with Crippen molar-refractivity contribution >= 4 is 40.6 Å². The van der Waals surface area contributed by atoms with Crippen LogP contribution < -0.4 is 5.56 Å². The van der Waals surface area contributed by atoms with Crippen molar-refractivity contribution in [1.82, 2.24) is 9.38 Å². The summed E-state index contributed by atoms with van der Waals surface area (Å²) in [5.74, 6) is -0.502. The third-order valence-electron chi connectivity index (χ3n) is 4.11. The molecule has 3 aromatic heterocycles. The molecule has 7 heteroatoms. The number of esters is 1. The topological polar surface area (TPSA) is 60.7 Å². The van der Waals surface area contributed by atoms with E-state index >= 15 is 0 Å². The van der Waals surface area contributed by atoms with Crippen LogP contribution in [0.5, 0.6) is 0 Å². The quantitative estimate of drug-likeness (QED) is 0.341. The zero-order valence-electron chi connectivity index (χ0n) is 15.1. The first kappa shape index (κ1) is 19.1. The summed E-state index contributed by atoms with van der Waals surface area (Å²) in [4.78, 5) is 30.5. The first-order valence-electron chi connectivity index (χ1n) is 8.76. The summed E-state index contributed by atoms with van der Waals surface area (Å²) >= 11 is 7.48. The highest BCUT2D eigenvalue weighted by Crippen LogP contribution is 2.28. The third kappa shape index (κ3) is 4.62. The predicted molar refractivity (Wildman–Crippen MR) is 115 cm³/mol. The molecule has 0 aliphatic carbocycles. The molecule has 0 unspecified atom stereocenters. The highest BCUT2D eigenvalue weighted by atomic mass is 35.5. The van der Waals surface area contributed by atoms with Crippen LogP contribution in [0, 0.1) is 0 Å². The van der Waals surface area contributed by atoms with Gasteiger partial charge >= 0.3 is 5.97 Å². The number of carbonyl (C=O) groups is 1. The van der Waals surface area contributed by atoms with Gasteiger partial charge in [0, 0.05) is 28.1 Å². The summed E-state index contributed by atoms with van der Waals surface area (Å²) in [6.45, 7) is -0.0861. The molecule has 0 fully saturated rings. The normalized spacial score (nSPS) is 11.2. The summed E-state index contributed by atoms with van der Waals surface area (Å²) in [6, 6.07) is 18.6. The fourth-order valence-electron chi connectivity index (χ4n) is 2.74. The Morgan fingerprint density at radius 2 is 1.97 bits per heavy atom. The highest BCUT2D eigenvalue weighted by molar-refractivity contribution is 7.16. The van der Waals surface area contributed by atoms with Crippen LogP contribution in [0.15, 0.2) is 77.7 Å². The van der Waals surface area contributed by atoms with Crippen molar-refractivity contribution in [2.75, 3.05) is 0 Å². The molecule has 0 atom stereocenters. The van der Waals surface area contributed by atoms with Crippen LogP contribution in [0.2, 0.25) is 5.02 Å². The van der Waals surface area contributed by atoms with Gasteiger partial charge in [0.05, 0.1) is 10.7 Å². The average Bonchev–Trinajstić information content (AvgIpc) is 3.21. The van der Waals surface area contributed by atoms with Gasteiger partial charge in [-0.1, -0.05) is 41.9 Å². The van der Waals surface area contributed by atoms with E-state index in [0.717, 1.165) is 15.3 Å². The van der Waals surface area contributed by atoms with Crippen LogP contribution in [0.1, 0.15) is 10.6 Å². The van der Waals surface area contributed by atoms with Crippen molar-refractivity contribution in [3.63, 3.8) is 0 Å². The van der Waals surface area contributed by atoms with Crippen LogP contribution in [0.3, 0.4) is 0 Å². The molecule has 0 amide bonds. The van der Waals surface area contributed by atoms with E-state index in [1.165, 1.54) is 22.7 Å². The molecule has 1 aromatic carbocycles. The minimum Gasteiger partial charge on any atom is -0.456 e.